The summed E-state index contributed by atoms with van der Waals surface area (Å²) in [5.74, 6) is 0.116. The summed E-state index contributed by atoms with van der Waals surface area (Å²) >= 11 is 6.34. The Labute approximate surface area is 171 Å². The molecule has 152 valence electrons. The number of halogens is 4. The molecule has 1 N–H and O–H groups in total. The molecule has 0 saturated carbocycles. The third-order valence-electron chi connectivity index (χ3n) is 5.20. The van der Waals surface area contributed by atoms with Gasteiger partial charge in [0.15, 0.2) is 0 Å². The molecule has 1 aromatic heterocycles. The Morgan fingerprint density at radius 2 is 1.79 bits per heavy atom. The van der Waals surface area contributed by atoms with Crippen LogP contribution in [0, 0.1) is 0 Å². The lowest BCUT2D eigenvalue weighted by atomic mass is 10.1. The SMILES string of the molecule is Oc1c(CN2CCN(c3cccc(C(F)(F)F)c3)CC2)cc(Cl)c2cccnc12. The van der Waals surface area contributed by atoms with Crippen LogP contribution in [-0.2, 0) is 12.7 Å². The number of hydrogen-bond acceptors (Lipinski definition) is 4. The van der Waals surface area contributed by atoms with Crippen LogP contribution in [0.2, 0.25) is 5.02 Å². The summed E-state index contributed by atoms with van der Waals surface area (Å²) in [5, 5.41) is 11.8. The number of benzene rings is 2. The summed E-state index contributed by atoms with van der Waals surface area (Å²) in [7, 11) is 0. The van der Waals surface area contributed by atoms with Crippen molar-refractivity contribution in [3.63, 3.8) is 0 Å². The van der Waals surface area contributed by atoms with E-state index in [1.54, 1.807) is 24.4 Å². The Hall–Kier alpha value is -2.51. The Bertz CT molecular complexity index is 1030. The molecule has 4 rings (SSSR count). The molecule has 0 atom stereocenters. The Morgan fingerprint density at radius 3 is 2.52 bits per heavy atom. The fourth-order valence-electron chi connectivity index (χ4n) is 3.64. The molecule has 29 heavy (non-hydrogen) atoms. The normalized spacial score (nSPS) is 15.8. The highest BCUT2D eigenvalue weighted by Gasteiger charge is 2.31. The number of nitrogens with zero attached hydrogens (tertiary/aromatic N) is 3. The third-order valence-corrected chi connectivity index (χ3v) is 5.51. The van der Waals surface area contributed by atoms with Crippen LogP contribution in [0.15, 0.2) is 48.7 Å². The highest BCUT2D eigenvalue weighted by Crippen LogP contribution is 2.34. The van der Waals surface area contributed by atoms with Crippen LogP contribution in [0.5, 0.6) is 5.75 Å². The van der Waals surface area contributed by atoms with Gasteiger partial charge in [-0.2, -0.15) is 13.2 Å². The lowest BCUT2D eigenvalue weighted by molar-refractivity contribution is -0.137. The zero-order valence-corrected chi connectivity index (χ0v) is 16.2. The number of phenolic OH excluding ortho intramolecular Hbond substituents is 1. The minimum Gasteiger partial charge on any atom is -0.505 e. The summed E-state index contributed by atoms with van der Waals surface area (Å²) < 4.78 is 38.9. The molecular weight excluding hydrogens is 403 g/mol. The number of pyridine rings is 1. The zero-order chi connectivity index (χ0) is 20.6. The van der Waals surface area contributed by atoms with E-state index >= 15 is 0 Å². The molecule has 0 spiro atoms. The van der Waals surface area contributed by atoms with E-state index < -0.39 is 11.7 Å². The summed E-state index contributed by atoms with van der Waals surface area (Å²) in [6.45, 7) is 3.01. The number of anilines is 1. The number of aromatic nitrogens is 1. The average molecular weight is 422 g/mol. The molecule has 1 aliphatic rings. The van der Waals surface area contributed by atoms with E-state index in [1.165, 1.54) is 12.1 Å². The lowest BCUT2D eigenvalue weighted by Gasteiger charge is -2.36. The Morgan fingerprint density at radius 1 is 1.03 bits per heavy atom. The molecule has 2 heterocycles. The van der Waals surface area contributed by atoms with Crippen LogP contribution in [0.3, 0.4) is 0 Å². The number of hydrogen-bond donors (Lipinski definition) is 1. The van der Waals surface area contributed by atoms with E-state index in [-0.39, 0.29) is 5.75 Å². The van der Waals surface area contributed by atoms with Crippen LogP contribution in [0.4, 0.5) is 18.9 Å². The fraction of sp³-hybridized carbons (Fsp3) is 0.286. The molecule has 0 aliphatic carbocycles. The number of rotatable bonds is 3. The molecule has 0 bridgehead atoms. The van der Waals surface area contributed by atoms with Crippen molar-refractivity contribution in [2.24, 2.45) is 0 Å². The van der Waals surface area contributed by atoms with Crippen molar-refractivity contribution in [2.75, 3.05) is 31.1 Å². The van der Waals surface area contributed by atoms with Gasteiger partial charge in [-0.3, -0.25) is 9.88 Å². The Balaban J connectivity index is 1.46. The maximum absolute atomic E-state index is 13.0. The minimum absolute atomic E-state index is 0.116. The number of fused-ring (bicyclic) bond motifs is 1. The quantitative estimate of drug-likeness (QED) is 0.650. The van der Waals surface area contributed by atoms with Gasteiger partial charge in [0.05, 0.1) is 10.6 Å². The van der Waals surface area contributed by atoms with Crippen molar-refractivity contribution >= 4 is 28.2 Å². The van der Waals surface area contributed by atoms with Gasteiger partial charge in [0.1, 0.15) is 11.3 Å². The van der Waals surface area contributed by atoms with Crippen molar-refractivity contribution in [1.82, 2.24) is 9.88 Å². The second kappa shape index (κ2) is 7.72. The molecule has 2 aromatic carbocycles. The van der Waals surface area contributed by atoms with Crippen molar-refractivity contribution in [2.45, 2.75) is 12.7 Å². The third kappa shape index (κ3) is 4.11. The summed E-state index contributed by atoms with van der Waals surface area (Å²) in [6, 6.07) is 10.7. The summed E-state index contributed by atoms with van der Waals surface area (Å²) in [5.41, 5.74) is 1.09. The van der Waals surface area contributed by atoms with Crippen LogP contribution in [0.25, 0.3) is 10.9 Å². The standard InChI is InChI=1S/C21H19ClF3N3O/c22-18-11-14(20(29)19-17(18)5-2-6-26-19)13-27-7-9-28(10-8-27)16-4-1-3-15(12-16)21(23,24)25/h1-6,11-12,29H,7-10,13H2. The second-order valence-electron chi connectivity index (χ2n) is 7.08. The first-order valence-electron chi connectivity index (χ1n) is 9.22. The maximum Gasteiger partial charge on any atom is 0.416 e. The molecule has 0 radical (unpaired) electrons. The lowest BCUT2D eigenvalue weighted by Crippen LogP contribution is -2.46. The predicted octanol–water partition coefficient (Wildman–Crippen LogP) is 4.93. The van der Waals surface area contributed by atoms with E-state index in [2.05, 4.69) is 9.88 Å². The summed E-state index contributed by atoms with van der Waals surface area (Å²) in [6.07, 6.45) is -2.74. The van der Waals surface area contributed by atoms with Crippen molar-refractivity contribution in [3.8, 4) is 5.75 Å². The van der Waals surface area contributed by atoms with Crippen LogP contribution < -0.4 is 4.90 Å². The molecule has 1 aliphatic heterocycles. The van der Waals surface area contributed by atoms with Gasteiger partial charge in [-0.15, -0.1) is 0 Å². The van der Waals surface area contributed by atoms with Crippen molar-refractivity contribution in [1.29, 1.82) is 0 Å². The maximum atomic E-state index is 13.0. The Kier molecular flexibility index (Phi) is 5.27. The fourth-order valence-corrected chi connectivity index (χ4v) is 3.93. The topological polar surface area (TPSA) is 39.6 Å². The molecule has 3 aromatic rings. The van der Waals surface area contributed by atoms with Crippen molar-refractivity contribution in [3.05, 3.63) is 64.8 Å². The smallest absolute Gasteiger partial charge is 0.416 e. The monoisotopic (exact) mass is 421 g/mol. The van der Waals surface area contributed by atoms with E-state index in [4.69, 9.17) is 11.6 Å². The number of alkyl halides is 3. The van der Waals surface area contributed by atoms with Crippen LogP contribution in [-0.4, -0.2) is 41.2 Å². The van der Waals surface area contributed by atoms with E-state index in [0.29, 0.717) is 59.9 Å². The largest absolute Gasteiger partial charge is 0.505 e. The minimum atomic E-state index is -4.35. The zero-order valence-electron chi connectivity index (χ0n) is 15.5. The second-order valence-corrected chi connectivity index (χ2v) is 7.48. The summed E-state index contributed by atoms with van der Waals surface area (Å²) in [4.78, 5) is 8.31. The van der Waals surface area contributed by atoms with Crippen LogP contribution >= 0.6 is 11.6 Å². The van der Waals surface area contributed by atoms with Gasteiger partial charge in [-0.25, -0.2) is 0 Å². The molecule has 0 amide bonds. The highest BCUT2D eigenvalue weighted by atomic mass is 35.5. The average Bonchev–Trinajstić information content (AvgIpc) is 2.72. The van der Waals surface area contributed by atoms with Crippen molar-refractivity contribution < 1.29 is 18.3 Å². The molecule has 0 unspecified atom stereocenters. The predicted molar refractivity (Wildman–Crippen MR) is 107 cm³/mol. The molecular formula is C21H19ClF3N3O. The van der Waals surface area contributed by atoms with Gasteiger partial charge in [0.25, 0.3) is 0 Å². The van der Waals surface area contributed by atoms with Gasteiger partial charge < -0.3 is 10.0 Å². The molecule has 8 heteroatoms. The number of piperazine rings is 1. The number of phenols is 1. The number of aromatic hydroxyl groups is 1. The van der Waals surface area contributed by atoms with E-state index in [1.807, 2.05) is 11.0 Å². The first kappa shape index (κ1) is 19.8. The van der Waals surface area contributed by atoms with Gasteiger partial charge in [-0.05, 0) is 36.4 Å². The van der Waals surface area contributed by atoms with Gasteiger partial charge >= 0.3 is 6.18 Å². The molecule has 1 saturated heterocycles. The van der Waals surface area contributed by atoms with Crippen LogP contribution in [0.1, 0.15) is 11.1 Å². The first-order valence-corrected chi connectivity index (χ1v) is 9.60. The molecule has 4 nitrogen and oxygen atoms in total. The van der Waals surface area contributed by atoms with E-state index in [0.717, 1.165) is 6.07 Å². The van der Waals surface area contributed by atoms with Gasteiger partial charge in [0.2, 0.25) is 0 Å². The first-order chi connectivity index (χ1) is 13.8. The van der Waals surface area contributed by atoms with E-state index in [9.17, 15) is 18.3 Å². The van der Waals surface area contributed by atoms with Gasteiger partial charge in [0, 0.05) is 55.6 Å². The highest BCUT2D eigenvalue weighted by molar-refractivity contribution is 6.35. The van der Waals surface area contributed by atoms with Gasteiger partial charge in [-0.1, -0.05) is 17.7 Å². The molecule has 1 fully saturated rings.